The molecule has 174 valence electrons. The average molecular weight is 488 g/mol. The SMILES string of the molecule is COc1cc(Nc2nc3c(C4=CCNCC4)cc(C)cn3n2)ccc1-n1cnc(C)c1.Cl.Cl. The van der Waals surface area contributed by atoms with Gasteiger partial charge in [0.25, 0.3) is 0 Å². The first kappa shape index (κ1) is 24.6. The number of hydrogen-bond donors (Lipinski definition) is 2. The van der Waals surface area contributed by atoms with Gasteiger partial charge in [-0.15, -0.1) is 29.9 Å². The van der Waals surface area contributed by atoms with Gasteiger partial charge in [0, 0.05) is 36.3 Å². The lowest BCUT2D eigenvalue weighted by Gasteiger charge is -2.15. The van der Waals surface area contributed by atoms with Crippen LogP contribution in [0.5, 0.6) is 5.75 Å². The van der Waals surface area contributed by atoms with Gasteiger partial charge < -0.3 is 19.9 Å². The molecule has 10 heteroatoms. The van der Waals surface area contributed by atoms with Gasteiger partial charge in [0.15, 0.2) is 5.65 Å². The molecule has 8 nitrogen and oxygen atoms in total. The molecular weight excluding hydrogens is 461 g/mol. The molecule has 2 N–H and O–H groups in total. The van der Waals surface area contributed by atoms with E-state index in [0.29, 0.717) is 5.95 Å². The summed E-state index contributed by atoms with van der Waals surface area (Å²) in [6.07, 6.45) is 8.98. The molecule has 0 saturated carbocycles. The van der Waals surface area contributed by atoms with Crippen molar-refractivity contribution in [1.29, 1.82) is 0 Å². The zero-order valence-corrected chi connectivity index (χ0v) is 20.3. The van der Waals surface area contributed by atoms with Gasteiger partial charge in [-0.2, -0.15) is 4.98 Å². The Kier molecular flexibility index (Phi) is 7.63. The summed E-state index contributed by atoms with van der Waals surface area (Å²) < 4.78 is 9.42. The third-order valence-corrected chi connectivity index (χ3v) is 5.41. The maximum Gasteiger partial charge on any atom is 0.247 e. The first-order chi connectivity index (χ1) is 15.1. The number of methoxy groups -OCH3 is 1. The van der Waals surface area contributed by atoms with Crippen molar-refractivity contribution in [2.75, 3.05) is 25.5 Å². The van der Waals surface area contributed by atoms with Crippen LogP contribution in [0.25, 0.3) is 16.9 Å². The van der Waals surface area contributed by atoms with Crippen LogP contribution in [-0.2, 0) is 0 Å². The number of halogens is 2. The van der Waals surface area contributed by atoms with Gasteiger partial charge in [-0.1, -0.05) is 6.08 Å². The number of anilines is 2. The topological polar surface area (TPSA) is 81.3 Å². The summed E-state index contributed by atoms with van der Waals surface area (Å²) in [6.45, 7) is 5.91. The third-order valence-electron chi connectivity index (χ3n) is 5.41. The Hall–Kier alpha value is -3.07. The van der Waals surface area contributed by atoms with Crippen LogP contribution in [0, 0.1) is 13.8 Å². The number of nitrogens with one attached hydrogen (secondary N) is 2. The molecule has 0 radical (unpaired) electrons. The minimum Gasteiger partial charge on any atom is -0.494 e. The zero-order chi connectivity index (χ0) is 21.4. The van der Waals surface area contributed by atoms with Crippen LogP contribution < -0.4 is 15.4 Å². The molecule has 0 fully saturated rings. The highest BCUT2D eigenvalue weighted by Gasteiger charge is 2.15. The molecule has 1 aliphatic rings. The zero-order valence-electron chi connectivity index (χ0n) is 18.7. The molecule has 0 amide bonds. The largest absolute Gasteiger partial charge is 0.494 e. The van der Waals surface area contributed by atoms with Crippen LogP contribution >= 0.6 is 24.8 Å². The van der Waals surface area contributed by atoms with Crippen molar-refractivity contribution >= 4 is 47.7 Å². The number of pyridine rings is 1. The normalized spacial score (nSPS) is 13.1. The number of nitrogens with zero attached hydrogens (tertiary/aromatic N) is 5. The van der Waals surface area contributed by atoms with E-state index in [0.717, 1.165) is 59.1 Å². The summed E-state index contributed by atoms with van der Waals surface area (Å²) in [6, 6.07) is 8.11. The first-order valence-corrected chi connectivity index (χ1v) is 10.3. The summed E-state index contributed by atoms with van der Waals surface area (Å²) in [7, 11) is 1.66. The van der Waals surface area contributed by atoms with E-state index in [2.05, 4.69) is 39.8 Å². The van der Waals surface area contributed by atoms with Gasteiger partial charge in [-0.3, -0.25) is 0 Å². The minimum atomic E-state index is 0. The maximum absolute atomic E-state index is 5.61. The van der Waals surface area contributed by atoms with Crippen molar-refractivity contribution in [1.82, 2.24) is 29.5 Å². The molecular formula is C23H27Cl2N7O. The fraction of sp³-hybridized carbons (Fsp3) is 0.261. The van der Waals surface area contributed by atoms with Gasteiger partial charge in [0.05, 0.1) is 24.8 Å². The molecule has 1 aromatic carbocycles. The molecule has 0 spiro atoms. The number of aromatic nitrogens is 5. The predicted molar refractivity (Wildman–Crippen MR) is 136 cm³/mol. The number of benzene rings is 1. The molecule has 0 unspecified atom stereocenters. The second-order valence-electron chi connectivity index (χ2n) is 7.75. The molecule has 0 aliphatic carbocycles. The van der Waals surface area contributed by atoms with E-state index >= 15 is 0 Å². The number of hydrogen-bond acceptors (Lipinski definition) is 6. The molecule has 4 aromatic rings. The summed E-state index contributed by atoms with van der Waals surface area (Å²) in [5.74, 6) is 1.29. The second-order valence-corrected chi connectivity index (χ2v) is 7.75. The lowest BCUT2D eigenvalue weighted by atomic mass is 10.0. The predicted octanol–water partition coefficient (Wildman–Crippen LogP) is 4.50. The quantitative estimate of drug-likeness (QED) is 0.431. The lowest BCUT2D eigenvalue weighted by molar-refractivity contribution is 0.413. The monoisotopic (exact) mass is 487 g/mol. The second kappa shape index (κ2) is 10.2. The smallest absolute Gasteiger partial charge is 0.247 e. The standard InChI is InChI=1S/C23H25N7O.2ClH/c1-15-10-19(17-6-8-24-9-7-17)22-27-23(28-30(22)12-15)26-18-4-5-20(21(11-18)31-3)29-13-16(2)25-14-29;;/h4-6,10-14,24H,7-9H2,1-3H3,(H,26,28);2*1H. The van der Waals surface area contributed by atoms with E-state index in [4.69, 9.17) is 9.72 Å². The Morgan fingerprint density at radius 2 is 1.97 bits per heavy atom. The van der Waals surface area contributed by atoms with Gasteiger partial charge in [0.1, 0.15) is 5.75 Å². The highest BCUT2D eigenvalue weighted by atomic mass is 35.5. The number of rotatable bonds is 5. The summed E-state index contributed by atoms with van der Waals surface area (Å²) in [5.41, 5.74) is 7.20. The molecule has 3 aromatic heterocycles. The summed E-state index contributed by atoms with van der Waals surface area (Å²) in [4.78, 5) is 9.08. The molecule has 33 heavy (non-hydrogen) atoms. The first-order valence-electron chi connectivity index (χ1n) is 10.3. The summed E-state index contributed by atoms with van der Waals surface area (Å²) >= 11 is 0. The molecule has 5 rings (SSSR count). The molecule has 0 atom stereocenters. The number of fused-ring (bicyclic) bond motifs is 1. The van der Waals surface area contributed by atoms with Crippen molar-refractivity contribution in [3.63, 3.8) is 0 Å². The van der Waals surface area contributed by atoms with Crippen LogP contribution in [0.4, 0.5) is 11.6 Å². The maximum atomic E-state index is 5.61. The van der Waals surface area contributed by atoms with E-state index in [1.807, 2.05) is 46.6 Å². The van der Waals surface area contributed by atoms with Gasteiger partial charge in [-0.05, 0) is 56.1 Å². The molecule has 1 aliphatic heterocycles. The Balaban J connectivity index is 0.00000153. The van der Waals surface area contributed by atoms with Crippen LogP contribution in [0.2, 0.25) is 0 Å². The van der Waals surface area contributed by atoms with Crippen LogP contribution in [0.3, 0.4) is 0 Å². The van der Waals surface area contributed by atoms with Crippen molar-refractivity contribution in [2.24, 2.45) is 0 Å². The van der Waals surface area contributed by atoms with E-state index in [-0.39, 0.29) is 24.8 Å². The number of ether oxygens (including phenoxy) is 1. The van der Waals surface area contributed by atoms with Gasteiger partial charge >= 0.3 is 0 Å². The van der Waals surface area contributed by atoms with Crippen LogP contribution in [0.1, 0.15) is 23.2 Å². The van der Waals surface area contributed by atoms with Crippen LogP contribution in [0.15, 0.2) is 49.1 Å². The minimum absolute atomic E-state index is 0. The van der Waals surface area contributed by atoms with Gasteiger partial charge in [-0.25, -0.2) is 9.50 Å². The lowest BCUT2D eigenvalue weighted by Crippen LogP contribution is -2.20. The average Bonchev–Trinajstić information content (AvgIpc) is 3.39. The summed E-state index contributed by atoms with van der Waals surface area (Å²) in [5, 5.41) is 11.3. The Morgan fingerprint density at radius 1 is 1.12 bits per heavy atom. The van der Waals surface area contributed by atoms with Crippen molar-refractivity contribution in [3.05, 3.63) is 65.9 Å². The Morgan fingerprint density at radius 3 is 2.67 bits per heavy atom. The van der Waals surface area contributed by atoms with Crippen molar-refractivity contribution < 1.29 is 4.74 Å². The Labute approximate surface area is 204 Å². The van der Waals surface area contributed by atoms with E-state index in [1.54, 1.807) is 13.4 Å². The fourth-order valence-corrected chi connectivity index (χ4v) is 3.93. The van der Waals surface area contributed by atoms with Crippen molar-refractivity contribution in [2.45, 2.75) is 20.3 Å². The van der Waals surface area contributed by atoms with Crippen LogP contribution in [-0.4, -0.2) is 44.3 Å². The van der Waals surface area contributed by atoms with E-state index in [1.165, 1.54) is 5.57 Å². The highest BCUT2D eigenvalue weighted by molar-refractivity contribution is 5.85. The van der Waals surface area contributed by atoms with E-state index in [9.17, 15) is 0 Å². The Bertz CT molecular complexity index is 1300. The number of imidazole rings is 1. The molecule has 0 bridgehead atoms. The van der Waals surface area contributed by atoms with Crippen molar-refractivity contribution in [3.8, 4) is 11.4 Å². The molecule has 0 saturated heterocycles. The fourth-order valence-electron chi connectivity index (χ4n) is 3.93. The third kappa shape index (κ3) is 4.98. The van der Waals surface area contributed by atoms with E-state index < -0.39 is 0 Å². The highest BCUT2D eigenvalue weighted by Crippen LogP contribution is 2.29. The number of aryl methyl sites for hydroxylation is 2. The molecule has 4 heterocycles. The van der Waals surface area contributed by atoms with Gasteiger partial charge in [0.2, 0.25) is 5.95 Å².